The van der Waals surface area contributed by atoms with Crippen molar-refractivity contribution in [2.24, 2.45) is 11.7 Å². The van der Waals surface area contributed by atoms with E-state index in [0.717, 1.165) is 48.3 Å². The van der Waals surface area contributed by atoms with Gasteiger partial charge in [-0.15, -0.1) is 0 Å². The van der Waals surface area contributed by atoms with Gasteiger partial charge in [0, 0.05) is 55.1 Å². The lowest BCUT2D eigenvalue weighted by Crippen LogP contribution is -2.46. The number of H-pyrrole nitrogens is 1. The minimum atomic E-state index is -0.353. The average Bonchev–Trinajstić information content (AvgIpc) is 3.21. The van der Waals surface area contributed by atoms with Crippen molar-refractivity contribution in [1.29, 1.82) is 0 Å². The van der Waals surface area contributed by atoms with Gasteiger partial charge in [-0.05, 0) is 30.5 Å². The largest absolute Gasteiger partial charge is 0.380 e. The minimum Gasteiger partial charge on any atom is -0.380 e. The quantitative estimate of drug-likeness (QED) is 0.395. The lowest BCUT2D eigenvalue weighted by Gasteiger charge is -2.38. The number of piperidine rings is 1. The van der Waals surface area contributed by atoms with Crippen LogP contribution in [0.3, 0.4) is 0 Å². The molecule has 0 radical (unpaired) electrons. The lowest BCUT2D eigenvalue weighted by atomic mass is 9.92. The van der Waals surface area contributed by atoms with Crippen LogP contribution in [0.1, 0.15) is 30.5 Å². The molecule has 1 aliphatic rings. The molecule has 3 aromatic rings. The Hall–Kier alpha value is -2.45. The number of fused-ring (bicyclic) bond motifs is 1. The molecule has 4 rings (SSSR count). The number of pyridine rings is 1. The Morgan fingerprint density at radius 1 is 1.31 bits per heavy atom. The van der Waals surface area contributed by atoms with Gasteiger partial charge in [-0.25, -0.2) is 10.5 Å². The van der Waals surface area contributed by atoms with E-state index in [-0.39, 0.29) is 12.6 Å². The Bertz CT molecular complexity index is 927. The highest BCUT2D eigenvalue weighted by molar-refractivity contribution is 5.91. The van der Waals surface area contributed by atoms with E-state index in [4.69, 9.17) is 10.9 Å². The van der Waals surface area contributed by atoms with Gasteiger partial charge in [0.2, 0.25) is 0 Å². The van der Waals surface area contributed by atoms with Crippen molar-refractivity contribution in [3.8, 4) is 0 Å². The maximum absolute atomic E-state index is 9.12. The van der Waals surface area contributed by atoms with Crippen LogP contribution in [-0.2, 0) is 6.54 Å². The summed E-state index contributed by atoms with van der Waals surface area (Å²) in [5.74, 6) is 0.546. The van der Waals surface area contributed by atoms with Crippen molar-refractivity contribution < 1.29 is 5.21 Å². The summed E-state index contributed by atoms with van der Waals surface area (Å²) in [5.41, 5.74) is 12.6. The van der Waals surface area contributed by atoms with Crippen LogP contribution >= 0.6 is 0 Å². The zero-order chi connectivity index (χ0) is 20.2. The predicted octanol–water partition coefficient (Wildman–Crippen LogP) is 2.86. The second-order valence-corrected chi connectivity index (χ2v) is 8.03. The molecule has 7 nitrogen and oxygen atoms in total. The number of nitrogens with one attached hydrogen (secondary N) is 3. The third kappa shape index (κ3) is 4.43. The number of nitrogens with zero attached hydrogens (tertiary/aromatic N) is 2. The van der Waals surface area contributed by atoms with Crippen LogP contribution in [-0.4, -0.2) is 45.8 Å². The first kappa shape index (κ1) is 19.8. The number of aromatic amines is 1. The molecule has 1 saturated heterocycles. The monoisotopic (exact) mass is 394 g/mol. The van der Waals surface area contributed by atoms with E-state index in [1.54, 1.807) is 6.20 Å². The fourth-order valence-electron chi connectivity index (χ4n) is 4.17. The zero-order valence-electron chi connectivity index (χ0n) is 16.8. The fraction of sp³-hybridized carbons (Fsp3) is 0.409. The second kappa shape index (κ2) is 8.92. The Morgan fingerprint density at radius 2 is 2.14 bits per heavy atom. The van der Waals surface area contributed by atoms with E-state index in [0.29, 0.717) is 12.0 Å². The lowest BCUT2D eigenvalue weighted by molar-refractivity contribution is 0.160. The number of nitrogens with two attached hydrogens (primary N) is 1. The molecule has 1 aromatic carbocycles. The molecule has 0 spiro atoms. The number of anilines is 1. The number of hydrogen-bond donors (Lipinski definition) is 5. The molecule has 0 aliphatic carbocycles. The van der Waals surface area contributed by atoms with Crippen LogP contribution in [0.25, 0.3) is 11.0 Å². The molecule has 0 bridgehead atoms. The second-order valence-electron chi connectivity index (χ2n) is 8.03. The SMILES string of the molecule is C[C@@H]1CCN(Cc2ccccc2)C[C@@H]1Nc1c(C(N)CNO)cnc2[nH]ccc12. The maximum atomic E-state index is 9.12. The molecule has 1 unspecified atom stereocenters. The fourth-order valence-corrected chi connectivity index (χ4v) is 4.17. The summed E-state index contributed by atoms with van der Waals surface area (Å²) >= 11 is 0. The van der Waals surface area contributed by atoms with Crippen molar-refractivity contribution in [2.75, 3.05) is 25.0 Å². The normalized spacial score (nSPS) is 21.3. The van der Waals surface area contributed by atoms with Gasteiger partial charge in [-0.2, -0.15) is 0 Å². The number of hydroxylamine groups is 1. The van der Waals surface area contributed by atoms with Gasteiger partial charge in [0.05, 0.1) is 5.69 Å². The van der Waals surface area contributed by atoms with Gasteiger partial charge in [0.25, 0.3) is 0 Å². The molecule has 7 heteroatoms. The van der Waals surface area contributed by atoms with Gasteiger partial charge in [-0.1, -0.05) is 37.3 Å². The van der Waals surface area contributed by atoms with Crippen LogP contribution in [0.2, 0.25) is 0 Å². The number of likely N-dealkylation sites (tertiary alicyclic amines) is 1. The standard InChI is InChI=1S/C22H30N6O/c1-15-8-10-28(13-16-5-3-2-4-6-16)14-20(15)27-21-17-7-9-24-22(17)25-11-18(21)19(23)12-26-29/h2-7,9,11,15,19-20,26,29H,8,10,12-14,23H2,1H3,(H2,24,25,27)/t15-,19?,20+/m1/s1. The molecular formula is C22H30N6O. The number of aromatic nitrogens is 2. The van der Waals surface area contributed by atoms with Gasteiger partial charge in [0.1, 0.15) is 5.65 Å². The van der Waals surface area contributed by atoms with Crippen molar-refractivity contribution in [1.82, 2.24) is 20.3 Å². The third-order valence-corrected chi connectivity index (χ3v) is 5.95. The molecule has 3 atom stereocenters. The number of benzene rings is 1. The molecule has 2 aromatic heterocycles. The summed E-state index contributed by atoms with van der Waals surface area (Å²) in [5, 5.41) is 13.9. The maximum Gasteiger partial charge on any atom is 0.139 e. The van der Waals surface area contributed by atoms with Gasteiger partial charge in [0.15, 0.2) is 0 Å². The molecule has 29 heavy (non-hydrogen) atoms. The number of hydrogen-bond acceptors (Lipinski definition) is 6. The summed E-state index contributed by atoms with van der Waals surface area (Å²) in [7, 11) is 0. The van der Waals surface area contributed by atoms with E-state index in [1.165, 1.54) is 5.56 Å². The molecule has 154 valence electrons. The van der Waals surface area contributed by atoms with E-state index < -0.39 is 0 Å². The average molecular weight is 395 g/mol. The predicted molar refractivity (Wildman–Crippen MR) is 116 cm³/mol. The van der Waals surface area contributed by atoms with Crippen LogP contribution in [0, 0.1) is 5.92 Å². The third-order valence-electron chi connectivity index (χ3n) is 5.95. The first-order valence-corrected chi connectivity index (χ1v) is 10.3. The summed E-state index contributed by atoms with van der Waals surface area (Å²) in [4.78, 5) is 10.2. The van der Waals surface area contributed by atoms with Gasteiger partial charge < -0.3 is 21.2 Å². The van der Waals surface area contributed by atoms with Crippen LogP contribution < -0.4 is 16.5 Å². The highest BCUT2D eigenvalue weighted by Crippen LogP contribution is 2.32. The van der Waals surface area contributed by atoms with Gasteiger partial charge in [-0.3, -0.25) is 4.90 Å². The molecule has 0 amide bonds. The first-order valence-electron chi connectivity index (χ1n) is 10.3. The Morgan fingerprint density at radius 3 is 2.93 bits per heavy atom. The smallest absolute Gasteiger partial charge is 0.139 e. The van der Waals surface area contributed by atoms with E-state index in [2.05, 4.69) is 62.9 Å². The van der Waals surface area contributed by atoms with Crippen molar-refractivity contribution in [3.63, 3.8) is 0 Å². The van der Waals surface area contributed by atoms with Gasteiger partial charge >= 0.3 is 0 Å². The summed E-state index contributed by atoms with van der Waals surface area (Å²) in [6, 6.07) is 12.6. The van der Waals surface area contributed by atoms with Crippen molar-refractivity contribution >= 4 is 16.7 Å². The first-order chi connectivity index (χ1) is 14.2. The highest BCUT2D eigenvalue weighted by atomic mass is 16.5. The Balaban J connectivity index is 1.57. The van der Waals surface area contributed by atoms with Crippen LogP contribution in [0.4, 0.5) is 5.69 Å². The molecule has 1 fully saturated rings. The van der Waals surface area contributed by atoms with Crippen molar-refractivity contribution in [2.45, 2.75) is 32.0 Å². The van der Waals surface area contributed by atoms with Crippen LogP contribution in [0.15, 0.2) is 48.8 Å². The molecule has 0 saturated carbocycles. The van der Waals surface area contributed by atoms with Crippen LogP contribution in [0.5, 0.6) is 0 Å². The highest BCUT2D eigenvalue weighted by Gasteiger charge is 2.28. The zero-order valence-corrected chi connectivity index (χ0v) is 16.8. The Labute approximate surface area is 171 Å². The molecule has 6 N–H and O–H groups in total. The van der Waals surface area contributed by atoms with E-state index in [9.17, 15) is 0 Å². The summed E-state index contributed by atoms with van der Waals surface area (Å²) in [6.45, 7) is 5.61. The summed E-state index contributed by atoms with van der Waals surface area (Å²) in [6.07, 6.45) is 4.85. The minimum absolute atomic E-state index is 0.270. The number of rotatable bonds is 7. The Kier molecular flexibility index (Phi) is 6.10. The summed E-state index contributed by atoms with van der Waals surface area (Å²) < 4.78 is 0. The van der Waals surface area contributed by atoms with E-state index in [1.807, 2.05) is 12.3 Å². The molecule has 3 heterocycles. The molecular weight excluding hydrogens is 364 g/mol. The molecule has 1 aliphatic heterocycles. The van der Waals surface area contributed by atoms with E-state index >= 15 is 0 Å². The topological polar surface area (TPSA) is 102 Å². The van der Waals surface area contributed by atoms with Crippen molar-refractivity contribution in [3.05, 3.63) is 59.9 Å².